The number of nitrogens with one attached hydrogen (secondary N) is 2. The molecular weight excluding hydrogens is 575 g/mol. The third-order valence-electron chi connectivity index (χ3n) is 8.42. The zero-order chi connectivity index (χ0) is 29.1. The average molecular weight is 610 g/mol. The molecule has 3 aliphatic rings. The summed E-state index contributed by atoms with van der Waals surface area (Å²) < 4.78 is 4.58. The summed E-state index contributed by atoms with van der Waals surface area (Å²) >= 11 is 0. The van der Waals surface area contributed by atoms with Crippen LogP contribution in [-0.4, -0.2) is 51.7 Å². The fraction of sp³-hybridized carbons (Fsp3) is 0.419. The van der Waals surface area contributed by atoms with Crippen LogP contribution in [0.1, 0.15) is 63.4 Å². The van der Waals surface area contributed by atoms with E-state index in [0.29, 0.717) is 16.9 Å². The quantitative estimate of drug-likeness (QED) is 0.374. The van der Waals surface area contributed by atoms with Gasteiger partial charge in [0.05, 0.1) is 17.9 Å². The Bertz CT molecular complexity index is 1570. The largest absolute Gasteiger partial charge is 1.00 e. The monoisotopic (exact) mass is 609 g/mol. The van der Waals surface area contributed by atoms with Crippen LogP contribution in [-0.2, 0) is 9.59 Å². The molecule has 11 nitrogen and oxygen atoms in total. The molecule has 2 fully saturated rings. The first-order valence-corrected chi connectivity index (χ1v) is 14.7. The van der Waals surface area contributed by atoms with Crippen LogP contribution in [0, 0.1) is 11.8 Å². The molecule has 0 saturated heterocycles. The molecule has 0 bridgehead atoms. The summed E-state index contributed by atoms with van der Waals surface area (Å²) in [6.07, 6.45) is 8.98. The number of carbonyl (C=O) groups is 3. The van der Waals surface area contributed by atoms with Gasteiger partial charge in [0.25, 0.3) is 0 Å². The number of anilines is 2. The number of hydrogen-bond donors (Lipinski definition) is 2. The Labute approximate surface area is 291 Å². The molecule has 0 radical (unpaired) electrons. The van der Waals surface area contributed by atoms with Crippen LogP contribution in [0.15, 0.2) is 62.9 Å². The fourth-order valence-electron chi connectivity index (χ4n) is 6.30. The van der Waals surface area contributed by atoms with Gasteiger partial charge in [-0.2, -0.15) is 5.10 Å². The maximum Gasteiger partial charge on any atom is 1.00 e. The van der Waals surface area contributed by atoms with Gasteiger partial charge in [-0.05, 0) is 43.9 Å². The maximum absolute atomic E-state index is 14.1. The van der Waals surface area contributed by atoms with Gasteiger partial charge in [0.15, 0.2) is 11.6 Å². The van der Waals surface area contributed by atoms with E-state index in [0.717, 1.165) is 62.6 Å². The van der Waals surface area contributed by atoms with E-state index in [1.807, 2.05) is 24.3 Å². The summed E-state index contributed by atoms with van der Waals surface area (Å²) in [5, 5.41) is 12.6. The maximum atomic E-state index is 14.1. The van der Waals surface area contributed by atoms with Crippen LogP contribution in [0.5, 0.6) is 0 Å². The van der Waals surface area contributed by atoms with Crippen molar-refractivity contribution in [1.82, 2.24) is 15.1 Å². The number of H-pyrrole nitrogens is 1. The van der Waals surface area contributed by atoms with Crippen molar-refractivity contribution in [2.75, 3.05) is 23.3 Å². The van der Waals surface area contributed by atoms with Crippen molar-refractivity contribution in [2.45, 2.75) is 57.8 Å². The van der Waals surface area contributed by atoms with Crippen LogP contribution in [0.25, 0.3) is 11.4 Å². The number of rotatable bonds is 8. The number of hydrazone groups is 1. The van der Waals surface area contributed by atoms with Crippen molar-refractivity contribution in [3.63, 3.8) is 0 Å². The van der Waals surface area contributed by atoms with Gasteiger partial charge in [-0.3, -0.25) is 24.0 Å². The Morgan fingerprint density at radius 3 is 2.42 bits per heavy atom. The van der Waals surface area contributed by atoms with Gasteiger partial charge in [-0.25, -0.2) is 14.6 Å². The molecule has 218 valence electrons. The van der Waals surface area contributed by atoms with Crippen molar-refractivity contribution >= 4 is 34.8 Å². The fourth-order valence-corrected chi connectivity index (χ4v) is 6.30. The van der Waals surface area contributed by atoms with Crippen molar-refractivity contribution < 1.29 is 70.3 Å². The topological polar surface area (TPSA) is 141 Å². The summed E-state index contributed by atoms with van der Waals surface area (Å²) in [5.74, 6) is -0.734. The summed E-state index contributed by atoms with van der Waals surface area (Å²) in [7, 11) is 0. The minimum absolute atomic E-state index is 0. The number of fused-ring (bicyclic) bond motifs is 1. The zero-order valence-electron chi connectivity index (χ0n) is 24.4. The van der Waals surface area contributed by atoms with Gasteiger partial charge in [-0.15, -0.1) is 0 Å². The molecular formula is C31H34KN6O5+. The molecule has 2 N–H and O–H groups in total. The summed E-state index contributed by atoms with van der Waals surface area (Å²) in [6.45, 7) is -0.383. The second-order valence-corrected chi connectivity index (χ2v) is 11.3. The van der Waals surface area contributed by atoms with E-state index < -0.39 is 17.7 Å². The van der Waals surface area contributed by atoms with E-state index in [1.54, 1.807) is 24.3 Å². The first-order chi connectivity index (χ1) is 20.5. The molecule has 43 heavy (non-hydrogen) atoms. The zero-order valence-corrected chi connectivity index (χ0v) is 27.5. The molecule has 3 aromatic rings. The standard InChI is InChI=1S/C31H34N6O5.K/c38-26(20-9-4-5-10-20)18-36-25-16-7-6-15-24(25)28(21-11-2-1-3-12-21)34-37(31(36)41)19-27(39)32-23-14-8-13-22(17-23)29-33-30(40)42-35-29;/h6-8,13-17,20-21H,1-5,9-12,18-19H2,(H,32,39)(H,33,35,40);/q;+1. The molecule has 0 spiro atoms. The first-order valence-electron chi connectivity index (χ1n) is 14.7. The molecule has 6 rings (SSSR count). The summed E-state index contributed by atoms with van der Waals surface area (Å²) in [6, 6.07) is 13.9. The van der Waals surface area contributed by atoms with E-state index in [4.69, 9.17) is 5.10 Å². The number of urea groups is 1. The normalized spacial score (nSPS) is 17.6. The van der Waals surface area contributed by atoms with Crippen molar-refractivity contribution in [2.24, 2.45) is 16.9 Å². The van der Waals surface area contributed by atoms with Gasteiger partial charge in [-0.1, -0.05) is 67.6 Å². The molecule has 2 saturated carbocycles. The van der Waals surface area contributed by atoms with Crippen LogP contribution < -0.4 is 67.4 Å². The molecule has 2 heterocycles. The number of amides is 3. The Morgan fingerprint density at radius 2 is 1.67 bits per heavy atom. The Hall–Kier alpha value is -2.90. The number of ketones is 1. The van der Waals surface area contributed by atoms with E-state index in [1.165, 1.54) is 16.3 Å². The Kier molecular flexibility index (Phi) is 10.4. The van der Waals surface area contributed by atoms with E-state index in [9.17, 15) is 19.2 Å². The average Bonchev–Trinajstić information content (AvgIpc) is 3.69. The van der Waals surface area contributed by atoms with Crippen LogP contribution in [0.3, 0.4) is 0 Å². The number of aromatic nitrogens is 2. The van der Waals surface area contributed by atoms with Crippen LogP contribution >= 0.6 is 0 Å². The third kappa shape index (κ3) is 7.26. The van der Waals surface area contributed by atoms with Crippen molar-refractivity contribution in [1.29, 1.82) is 0 Å². The number of aromatic amines is 1. The number of Topliss-reactive ketones (excluding diaryl/α,β-unsaturated/α-hetero) is 1. The van der Waals surface area contributed by atoms with E-state index in [2.05, 4.69) is 20.0 Å². The summed E-state index contributed by atoms with van der Waals surface area (Å²) in [5.41, 5.74) is 3.30. The molecule has 0 unspecified atom stereocenters. The number of para-hydroxylation sites is 1. The molecule has 2 aromatic carbocycles. The van der Waals surface area contributed by atoms with Gasteiger partial charge in [0, 0.05) is 28.7 Å². The van der Waals surface area contributed by atoms with Gasteiger partial charge < -0.3 is 5.32 Å². The minimum atomic E-state index is -0.678. The van der Waals surface area contributed by atoms with E-state index >= 15 is 0 Å². The molecule has 1 aliphatic heterocycles. The van der Waals surface area contributed by atoms with E-state index in [-0.39, 0.29) is 87.9 Å². The third-order valence-corrected chi connectivity index (χ3v) is 8.42. The molecule has 1 aromatic heterocycles. The van der Waals surface area contributed by atoms with Gasteiger partial charge in [0.2, 0.25) is 5.91 Å². The summed E-state index contributed by atoms with van der Waals surface area (Å²) in [4.78, 5) is 56.1. The van der Waals surface area contributed by atoms with Crippen LogP contribution in [0.2, 0.25) is 0 Å². The predicted molar refractivity (Wildman–Crippen MR) is 157 cm³/mol. The molecule has 3 amide bonds. The van der Waals surface area contributed by atoms with Crippen LogP contribution in [0.4, 0.5) is 16.2 Å². The number of benzene rings is 2. The number of hydrogen-bond acceptors (Lipinski definition) is 7. The number of carbonyl (C=O) groups excluding carboxylic acids is 3. The second kappa shape index (κ2) is 14.3. The first kappa shape index (κ1) is 31.5. The minimum Gasteiger partial charge on any atom is -0.324 e. The molecule has 12 heteroatoms. The Balaban J connectivity index is 0.00000368. The number of nitrogens with zero attached hydrogens (tertiary/aromatic N) is 4. The smallest absolute Gasteiger partial charge is 0.324 e. The van der Waals surface area contributed by atoms with Crippen molar-refractivity contribution in [3.8, 4) is 11.4 Å². The molecule has 2 aliphatic carbocycles. The van der Waals surface area contributed by atoms with Gasteiger partial charge in [0.1, 0.15) is 6.54 Å². The predicted octanol–water partition coefficient (Wildman–Crippen LogP) is 1.96. The van der Waals surface area contributed by atoms with Crippen molar-refractivity contribution in [3.05, 3.63) is 64.6 Å². The van der Waals surface area contributed by atoms with Gasteiger partial charge >= 0.3 is 63.2 Å². The SMILES string of the molecule is O=C(CN1N=C(C2CCCCC2)c2ccccc2N(CC(=O)C2CCCC2)C1=O)Nc1cccc(-c2noc(=O)[nH]2)c1.[K+]. The Morgan fingerprint density at radius 1 is 0.930 bits per heavy atom. The second-order valence-electron chi connectivity index (χ2n) is 11.3. The molecule has 0 atom stereocenters.